The van der Waals surface area contributed by atoms with Crippen LogP contribution in [-0.2, 0) is 14.0 Å². The van der Waals surface area contributed by atoms with Gasteiger partial charge in [-0.05, 0) is 63.2 Å². The van der Waals surface area contributed by atoms with Gasteiger partial charge in [-0.1, -0.05) is 36.7 Å². The molecule has 1 aromatic rings. The zero-order valence-electron chi connectivity index (χ0n) is 16.7. The molecule has 0 amide bonds. The molecule has 0 spiro atoms. The van der Waals surface area contributed by atoms with E-state index in [1.54, 1.807) is 0 Å². The predicted molar refractivity (Wildman–Crippen MR) is 111 cm³/mol. The zero-order chi connectivity index (χ0) is 19.5. The summed E-state index contributed by atoms with van der Waals surface area (Å²) in [6.07, 6.45) is -0.635. The molecule has 1 rings (SSSR count). The second kappa shape index (κ2) is 8.23. The van der Waals surface area contributed by atoms with E-state index in [9.17, 15) is 4.79 Å². The number of anilines is 1. The van der Waals surface area contributed by atoms with E-state index in [4.69, 9.17) is 9.16 Å². The van der Waals surface area contributed by atoms with Gasteiger partial charge in [0, 0.05) is 10.2 Å². The van der Waals surface area contributed by atoms with Gasteiger partial charge in [-0.25, -0.2) is 4.79 Å². The SMILES string of the molecule is CC(C)(C)OC(=O)C(CNc1ccc(Br)cc1)O[Si](C)(C)C(C)(C)C. The largest absolute Gasteiger partial charge is 0.458 e. The molecule has 0 saturated carbocycles. The summed E-state index contributed by atoms with van der Waals surface area (Å²) in [4.78, 5) is 12.7. The van der Waals surface area contributed by atoms with Gasteiger partial charge in [0.2, 0.25) is 0 Å². The van der Waals surface area contributed by atoms with Crippen LogP contribution in [0.5, 0.6) is 0 Å². The molecule has 142 valence electrons. The van der Waals surface area contributed by atoms with E-state index in [0.29, 0.717) is 6.54 Å². The Morgan fingerprint density at radius 3 is 2.08 bits per heavy atom. The lowest BCUT2D eigenvalue weighted by Crippen LogP contribution is -2.49. The second-order valence-corrected chi connectivity index (χ2v) is 14.5. The first-order valence-electron chi connectivity index (χ1n) is 8.61. The van der Waals surface area contributed by atoms with Crippen LogP contribution in [0, 0.1) is 0 Å². The van der Waals surface area contributed by atoms with Gasteiger partial charge in [0.25, 0.3) is 0 Å². The van der Waals surface area contributed by atoms with Gasteiger partial charge in [0.15, 0.2) is 14.4 Å². The maximum absolute atomic E-state index is 12.7. The molecule has 4 nitrogen and oxygen atoms in total. The third kappa shape index (κ3) is 7.50. The lowest BCUT2D eigenvalue weighted by molar-refractivity contribution is -0.163. The molecule has 0 aliphatic carbocycles. The number of halogens is 1. The number of ether oxygens (including phenoxy) is 1. The fraction of sp³-hybridized carbons (Fsp3) is 0.632. The molecule has 1 N–H and O–H groups in total. The highest BCUT2D eigenvalue weighted by molar-refractivity contribution is 9.10. The minimum Gasteiger partial charge on any atom is -0.458 e. The van der Waals surface area contributed by atoms with Crippen molar-refractivity contribution in [3.8, 4) is 0 Å². The molecular formula is C19H32BrNO3Si. The van der Waals surface area contributed by atoms with Gasteiger partial charge in [-0.2, -0.15) is 0 Å². The highest BCUT2D eigenvalue weighted by Gasteiger charge is 2.41. The lowest BCUT2D eigenvalue weighted by Gasteiger charge is -2.39. The maximum atomic E-state index is 12.7. The van der Waals surface area contributed by atoms with E-state index in [1.165, 1.54) is 0 Å². The Morgan fingerprint density at radius 2 is 1.64 bits per heavy atom. The van der Waals surface area contributed by atoms with Crippen molar-refractivity contribution in [3.63, 3.8) is 0 Å². The molecule has 1 unspecified atom stereocenters. The third-order valence-corrected chi connectivity index (χ3v) is 9.26. The summed E-state index contributed by atoms with van der Waals surface area (Å²) >= 11 is 3.42. The van der Waals surface area contributed by atoms with Crippen LogP contribution >= 0.6 is 15.9 Å². The molecule has 0 fully saturated rings. The number of hydrogen-bond donors (Lipinski definition) is 1. The highest BCUT2D eigenvalue weighted by atomic mass is 79.9. The van der Waals surface area contributed by atoms with E-state index in [2.05, 4.69) is 55.1 Å². The number of carbonyl (C=O) groups excluding carboxylic acids is 1. The summed E-state index contributed by atoms with van der Waals surface area (Å²) in [7, 11) is -2.10. The Hall–Kier alpha value is -0.853. The van der Waals surface area contributed by atoms with Gasteiger partial charge in [-0.3, -0.25) is 0 Å². The highest BCUT2D eigenvalue weighted by Crippen LogP contribution is 2.37. The normalized spacial score (nSPS) is 14.1. The average molecular weight is 430 g/mol. The van der Waals surface area contributed by atoms with Gasteiger partial charge in [0.05, 0.1) is 6.54 Å². The molecule has 0 saturated heterocycles. The Labute approximate surface area is 161 Å². The van der Waals surface area contributed by atoms with Gasteiger partial charge in [0.1, 0.15) is 5.60 Å². The number of benzene rings is 1. The number of esters is 1. The average Bonchev–Trinajstić information content (AvgIpc) is 2.41. The third-order valence-electron chi connectivity index (χ3n) is 4.25. The van der Waals surface area contributed by atoms with Crippen LogP contribution in [0.25, 0.3) is 0 Å². The van der Waals surface area contributed by atoms with Crippen molar-refractivity contribution in [1.29, 1.82) is 0 Å². The van der Waals surface area contributed by atoms with Gasteiger partial charge in [-0.15, -0.1) is 0 Å². The van der Waals surface area contributed by atoms with Crippen molar-refractivity contribution in [2.24, 2.45) is 0 Å². The van der Waals surface area contributed by atoms with E-state index in [-0.39, 0.29) is 11.0 Å². The zero-order valence-corrected chi connectivity index (χ0v) is 19.3. The predicted octanol–water partition coefficient (Wildman–Crippen LogP) is 5.59. The van der Waals surface area contributed by atoms with Crippen molar-refractivity contribution in [2.75, 3.05) is 11.9 Å². The molecule has 1 atom stereocenters. The second-order valence-electron chi connectivity index (χ2n) is 8.79. The minimum absolute atomic E-state index is 0.0187. The lowest BCUT2D eigenvalue weighted by atomic mass is 10.2. The topological polar surface area (TPSA) is 47.6 Å². The smallest absolute Gasteiger partial charge is 0.336 e. The molecule has 0 aliphatic heterocycles. The van der Waals surface area contributed by atoms with Crippen molar-refractivity contribution >= 4 is 35.9 Å². The fourth-order valence-corrected chi connectivity index (χ4v) is 3.36. The molecule has 25 heavy (non-hydrogen) atoms. The standard InChI is InChI=1S/C19H32BrNO3Si/c1-18(2,3)23-17(22)16(24-25(7,8)19(4,5)6)13-21-15-11-9-14(20)10-12-15/h9-12,16,21H,13H2,1-8H3. The summed E-state index contributed by atoms with van der Waals surface area (Å²) in [6.45, 7) is 16.8. The molecule has 0 aromatic heterocycles. The van der Waals surface area contributed by atoms with Crippen LogP contribution < -0.4 is 5.32 Å². The number of hydrogen-bond acceptors (Lipinski definition) is 4. The maximum Gasteiger partial charge on any atom is 0.336 e. The Kier molecular flexibility index (Phi) is 7.30. The molecular weight excluding hydrogens is 398 g/mol. The van der Waals surface area contributed by atoms with E-state index >= 15 is 0 Å². The van der Waals surface area contributed by atoms with E-state index < -0.39 is 20.0 Å². The first-order chi connectivity index (χ1) is 11.2. The van der Waals surface area contributed by atoms with Crippen LogP contribution in [0.15, 0.2) is 28.7 Å². The van der Waals surface area contributed by atoms with Gasteiger partial charge < -0.3 is 14.5 Å². The summed E-state index contributed by atoms with van der Waals surface area (Å²) in [5.41, 5.74) is 0.402. The van der Waals surface area contributed by atoms with E-state index in [1.807, 2.05) is 45.0 Å². The monoisotopic (exact) mass is 429 g/mol. The van der Waals surface area contributed by atoms with Crippen LogP contribution in [0.4, 0.5) is 5.69 Å². The van der Waals surface area contributed by atoms with E-state index in [0.717, 1.165) is 10.2 Å². The van der Waals surface area contributed by atoms with Crippen molar-refractivity contribution in [1.82, 2.24) is 0 Å². The molecule has 0 heterocycles. The Bertz CT molecular complexity index is 574. The van der Waals surface area contributed by atoms with Crippen molar-refractivity contribution < 1.29 is 14.0 Å². The van der Waals surface area contributed by atoms with Crippen LogP contribution in [0.1, 0.15) is 41.5 Å². The first-order valence-corrected chi connectivity index (χ1v) is 12.3. The molecule has 0 bridgehead atoms. The first kappa shape index (κ1) is 22.2. The van der Waals surface area contributed by atoms with Crippen LogP contribution in [0.3, 0.4) is 0 Å². The molecule has 0 aliphatic rings. The molecule has 6 heteroatoms. The minimum atomic E-state index is -2.10. The summed E-state index contributed by atoms with van der Waals surface area (Å²) in [5.74, 6) is -0.318. The summed E-state index contributed by atoms with van der Waals surface area (Å²) in [5, 5.41) is 3.31. The Morgan fingerprint density at radius 1 is 1.12 bits per heavy atom. The van der Waals surface area contributed by atoms with Crippen LogP contribution in [-0.4, -0.2) is 32.5 Å². The molecule has 0 radical (unpaired) electrons. The van der Waals surface area contributed by atoms with Crippen molar-refractivity contribution in [3.05, 3.63) is 28.7 Å². The quantitative estimate of drug-likeness (QED) is 0.472. The summed E-state index contributed by atoms with van der Waals surface area (Å²) in [6, 6.07) is 7.84. The Balaban J connectivity index is 2.90. The summed E-state index contributed by atoms with van der Waals surface area (Å²) < 4.78 is 12.9. The number of carbonyl (C=O) groups is 1. The molecule has 1 aromatic carbocycles. The number of rotatable bonds is 6. The number of nitrogens with one attached hydrogen (secondary N) is 1. The van der Waals surface area contributed by atoms with Crippen molar-refractivity contribution in [2.45, 2.75) is 71.4 Å². The van der Waals surface area contributed by atoms with Gasteiger partial charge >= 0.3 is 5.97 Å². The van der Waals surface area contributed by atoms with Crippen LogP contribution in [0.2, 0.25) is 18.1 Å². The fourth-order valence-electron chi connectivity index (χ4n) is 1.85.